The van der Waals surface area contributed by atoms with Crippen LogP contribution in [0.5, 0.6) is 0 Å². The third-order valence-electron chi connectivity index (χ3n) is 4.83. The number of anilines is 1. The second kappa shape index (κ2) is 7.60. The van der Waals surface area contributed by atoms with Crippen LogP contribution in [0, 0.1) is 0 Å². The van der Waals surface area contributed by atoms with Gasteiger partial charge < -0.3 is 15.1 Å². The first kappa shape index (κ1) is 18.0. The first-order valence-electron chi connectivity index (χ1n) is 8.92. The molecule has 26 heavy (non-hydrogen) atoms. The number of hydrogen-bond acceptors (Lipinski definition) is 3. The minimum absolute atomic E-state index is 0.00156. The zero-order chi connectivity index (χ0) is 18.7. The molecule has 2 aromatic carbocycles. The van der Waals surface area contributed by atoms with Crippen LogP contribution in [-0.2, 0) is 22.6 Å². The van der Waals surface area contributed by atoms with Crippen molar-refractivity contribution in [1.29, 1.82) is 0 Å². The molecule has 1 N–H and O–H groups in total. The number of nitrogens with one attached hydrogen (secondary N) is 1. The Morgan fingerprint density at radius 1 is 1.15 bits per heavy atom. The van der Waals surface area contributed by atoms with E-state index in [2.05, 4.69) is 5.32 Å². The molecule has 0 aliphatic carbocycles. The molecule has 5 heteroatoms. The van der Waals surface area contributed by atoms with Gasteiger partial charge in [-0.3, -0.25) is 9.59 Å². The summed E-state index contributed by atoms with van der Waals surface area (Å²) in [5.74, 6) is -0.134. The molecule has 3 rings (SSSR count). The molecule has 2 amide bonds. The van der Waals surface area contributed by atoms with E-state index in [0.717, 1.165) is 22.4 Å². The zero-order valence-corrected chi connectivity index (χ0v) is 15.5. The molecule has 1 aliphatic rings. The van der Waals surface area contributed by atoms with E-state index in [9.17, 15) is 9.59 Å². The number of amides is 2. The number of benzene rings is 2. The van der Waals surface area contributed by atoms with Gasteiger partial charge in [-0.1, -0.05) is 36.4 Å². The molecule has 0 radical (unpaired) electrons. The fourth-order valence-corrected chi connectivity index (χ4v) is 3.38. The number of rotatable bonds is 5. The van der Waals surface area contributed by atoms with Crippen molar-refractivity contribution in [2.75, 3.05) is 25.5 Å². The van der Waals surface area contributed by atoms with E-state index in [1.54, 1.807) is 4.90 Å². The number of likely N-dealkylation sites (N-methyl/N-ethyl adjacent to an activating group) is 1. The van der Waals surface area contributed by atoms with Crippen molar-refractivity contribution in [1.82, 2.24) is 10.2 Å². The van der Waals surface area contributed by atoms with Gasteiger partial charge in [0.1, 0.15) is 6.04 Å². The van der Waals surface area contributed by atoms with Crippen LogP contribution in [-0.4, -0.2) is 37.4 Å². The van der Waals surface area contributed by atoms with Crippen LogP contribution in [0.15, 0.2) is 48.5 Å². The van der Waals surface area contributed by atoms with E-state index in [1.807, 2.05) is 74.4 Å². The number of fused-ring (bicyclic) bond motifs is 1. The molecule has 5 nitrogen and oxygen atoms in total. The lowest BCUT2D eigenvalue weighted by molar-refractivity contribution is -0.141. The van der Waals surface area contributed by atoms with Crippen molar-refractivity contribution in [3.8, 4) is 0 Å². The van der Waals surface area contributed by atoms with Gasteiger partial charge >= 0.3 is 0 Å². The smallest absolute Gasteiger partial charge is 0.247 e. The molecule has 0 spiro atoms. The fourth-order valence-electron chi connectivity index (χ4n) is 3.38. The van der Waals surface area contributed by atoms with Crippen molar-refractivity contribution in [2.45, 2.75) is 25.9 Å². The number of carbonyl (C=O) groups excluding carboxylic acids is 2. The maximum absolute atomic E-state index is 12.9. The van der Waals surface area contributed by atoms with Crippen LogP contribution < -0.4 is 10.2 Å². The van der Waals surface area contributed by atoms with Crippen LogP contribution in [0.3, 0.4) is 0 Å². The Bertz CT molecular complexity index is 799. The van der Waals surface area contributed by atoms with Crippen LogP contribution in [0.2, 0.25) is 0 Å². The molecule has 0 saturated heterocycles. The van der Waals surface area contributed by atoms with Gasteiger partial charge in [0.15, 0.2) is 0 Å². The molecule has 1 atom stereocenters. The van der Waals surface area contributed by atoms with Crippen LogP contribution >= 0.6 is 0 Å². The normalized spacial score (nSPS) is 16.2. The summed E-state index contributed by atoms with van der Waals surface area (Å²) in [5, 5.41) is 3.00. The predicted octanol–water partition coefficient (Wildman–Crippen LogP) is 2.51. The molecule has 0 saturated carbocycles. The maximum atomic E-state index is 12.9. The summed E-state index contributed by atoms with van der Waals surface area (Å²) in [6.07, 6.45) is 0.361. The number of hydrogen-bond donors (Lipinski definition) is 1. The Labute approximate surface area is 154 Å². The maximum Gasteiger partial charge on any atom is 0.247 e. The highest BCUT2D eigenvalue weighted by Gasteiger charge is 2.35. The van der Waals surface area contributed by atoms with Gasteiger partial charge in [0, 0.05) is 32.9 Å². The highest BCUT2D eigenvalue weighted by molar-refractivity contribution is 5.92. The molecule has 1 aliphatic heterocycles. The van der Waals surface area contributed by atoms with Crippen LogP contribution in [0.1, 0.15) is 29.7 Å². The molecule has 136 valence electrons. The van der Waals surface area contributed by atoms with E-state index < -0.39 is 6.04 Å². The number of carbonyl (C=O) groups is 2. The van der Waals surface area contributed by atoms with Gasteiger partial charge in [0.25, 0.3) is 0 Å². The van der Waals surface area contributed by atoms with E-state index in [0.29, 0.717) is 19.5 Å². The first-order valence-corrected chi connectivity index (χ1v) is 8.92. The Hall–Kier alpha value is -2.82. The summed E-state index contributed by atoms with van der Waals surface area (Å²) in [6, 6.07) is 15.2. The topological polar surface area (TPSA) is 52.7 Å². The third kappa shape index (κ3) is 3.57. The highest BCUT2D eigenvalue weighted by Crippen LogP contribution is 2.30. The zero-order valence-electron chi connectivity index (χ0n) is 15.5. The Kier molecular flexibility index (Phi) is 5.26. The fraction of sp³-hybridized carbons (Fsp3) is 0.333. The monoisotopic (exact) mass is 351 g/mol. The Morgan fingerprint density at radius 3 is 2.50 bits per heavy atom. The second-order valence-corrected chi connectivity index (χ2v) is 6.74. The average molecular weight is 351 g/mol. The van der Waals surface area contributed by atoms with Crippen molar-refractivity contribution in [3.05, 3.63) is 65.2 Å². The van der Waals surface area contributed by atoms with E-state index >= 15 is 0 Å². The molecule has 0 fully saturated rings. The summed E-state index contributed by atoms with van der Waals surface area (Å²) in [5.41, 5.74) is 4.01. The minimum Gasteiger partial charge on any atom is -0.378 e. The third-order valence-corrected chi connectivity index (χ3v) is 4.83. The lowest BCUT2D eigenvalue weighted by Gasteiger charge is -2.35. The summed E-state index contributed by atoms with van der Waals surface area (Å²) in [6.45, 7) is 2.87. The molecule has 1 heterocycles. The van der Waals surface area contributed by atoms with Crippen molar-refractivity contribution in [2.24, 2.45) is 0 Å². The van der Waals surface area contributed by atoms with Crippen LogP contribution in [0.25, 0.3) is 0 Å². The lowest BCUT2D eigenvalue weighted by atomic mass is 9.91. The van der Waals surface area contributed by atoms with Crippen molar-refractivity contribution < 1.29 is 9.59 Å². The van der Waals surface area contributed by atoms with E-state index in [1.165, 1.54) is 0 Å². The molecular formula is C21H25N3O2. The van der Waals surface area contributed by atoms with Crippen molar-refractivity contribution in [3.63, 3.8) is 0 Å². The summed E-state index contributed by atoms with van der Waals surface area (Å²) in [4.78, 5) is 29.0. The summed E-state index contributed by atoms with van der Waals surface area (Å²) < 4.78 is 0. The van der Waals surface area contributed by atoms with Crippen molar-refractivity contribution >= 4 is 17.5 Å². The molecular weight excluding hydrogens is 326 g/mol. The van der Waals surface area contributed by atoms with E-state index in [4.69, 9.17) is 0 Å². The minimum atomic E-state index is -0.557. The van der Waals surface area contributed by atoms with Gasteiger partial charge in [0.2, 0.25) is 11.8 Å². The molecule has 0 bridgehead atoms. The second-order valence-electron chi connectivity index (χ2n) is 6.74. The number of nitrogens with zero attached hydrogens (tertiary/aromatic N) is 2. The first-order chi connectivity index (χ1) is 12.5. The quantitative estimate of drug-likeness (QED) is 0.901. The summed E-state index contributed by atoms with van der Waals surface area (Å²) in [7, 11) is 3.99. The van der Waals surface area contributed by atoms with Gasteiger partial charge in [-0.2, -0.15) is 0 Å². The molecule has 2 aromatic rings. The summed E-state index contributed by atoms with van der Waals surface area (Å²) >= 11 is 0. The van der Waals surface area contributed by atoms with Crippen LogP contribution in [0.4, 0.5) is 5.69 Å². The van der Waals surface area contributed by atoms with Gasteiger partial charge in [-0.05, 0) is 35.7 Å². The Balaban J connectivity index is 1.76. The predicted molar refractivity (Wildman–Crippen MR) is 103 cm³/mol. The standard InChI is InChI=1S/C21H25N3O2/c1-4-24-19(25)13-16-7-5-6-8-18(16)20(24)21(26)22-14-15-9-11-17(12-10-15)23(2)3/h5-12,20H,4,13-14H2,1-3H3,(H,22,26). The molecule has 0 aromatic heterocycles. The highest BCUT2D eigenvalue weighted by atomic mass is 16.2. The largest absolute Gasteiger partial charge is 0.378 e. The van der Waals surface area contributed by atoms with Gasteiger partial charge in [0.05, 0.1) is 6.42 Å². The lowest BCUT2D eigenvalue weighted by Crippen LogP contribution is -2.47. The van der Waals surface area contributed by atoms with Gasteiger partial charge in [-0.25, -0.2) is 0 Å². The van der Waals surface area contributed by atoms with E-state index in [-0.39, 0.29) is 11.8 Å². The SMILES string of the molecule is CCN1C(=O)Cc2ccccc2C1C(=O)NCc1ccc(N(C)C)cc1. The van der Waals surface area contributed by atoms with Gasteiger partial charge in [-0.15, -0.1) is 0 Å². The molecule has 1 unspecified atom stereocenters. The Morgan fingerprint density at radius 2 is 1.85 bits per heavy atom. The average Bonchev–Trinajstić information content (AvgIpc) is 2.65.